The standard InChI is InChI=1S/C17H24N6O/c1-2-14-11-15(23-17(20-14)18-12-19-23)21-9-5-13(6-10-21)16(24)22-7-3-4-8-22/h11-13H,2-10H2,1H3. The molecule has 0 N–H and O–H groups in total. The normalized spacial score (nSPS) is 19.4. The number of piperidine rings is 1. The molecule has 2 saturated heterocycles. The molecule has 0 atom stereocenters. The molecule has 0 saturated carbocycles. The molecule has 0 spiro atoms. The molecule has 4 rings (SSSR count). The summed E-state index contributed by atoms with van der Waals surface area (Å²) < 4.78 is 1.81. The summed E-state index contributed by atoms with van der Waals surface area (Å²) >= 11 is 0. The van der Waals surface area contributed by atoms with Crippen molar-refractivity contribution in [2.45, 2.75) is 39.0 Å². The number of amides is 1. The second kappa shape index (κ2) is 6.37. The van der Waals surface area contributed by atoms with Gasteiger partial charge in [-0.2, -0.15) is 14.6 Å². The third-order valence-corrected chi connectivity index (χ3v) is 5.23. The van der Waals surface area contributed by atoms with Crippen molar-refractivity contribution >= 4 is 17.5 Å². The van der Waals surface area contributed by atoms with Gasteiger partial charge in [0.05, 0.1) is 0 Å². The van der Waals surface area contributed by atoms with E-state index in [0.29, 0.717) is 11.7 Å². The summed E-state index contributed by atoms with van der Waals surface area (Å²) in [4.78, 5) is 25.7. The van der Waals surface area contributed by atoms with Gasteiger partial charge in [-0.05, 0) is 32.1 Å². The number of hydrogen-bond acceptors (Lipinski definition) is 5. The van der Waals surface area contributed by atoms with Crippen LogP contribution in [0.1, 0.15) is 38.3 Å². The third-order valence-electron chi connectivity index (χ3n) is 5.23. The maximum absolute atomic E-state index is 12.6. The Morgan fingerprint density at radius 1 is 1.21 bits per heavy atom. The zero-order valence-electron chi connectivity index (χ0n) is 14.2. The highest BCUT2D eigenvalue weighted by atomic mass is 16.2. The number of carbonyl (C=O) groups excluding carboxylic acids is 1. The van der Waals surface area contributed by atoms with Crippen LogP contribution >= 0.6 is 0 Å². The van der Waals surface area contributed by atoms with Gasteiger partial charge in [-0.3, -0.25) is 4.79 Å². The lowest BCUT2D eigenvalue weighted by molar-refractivity contribution is -0.135. The van der Waals surface area contributed by atoms with Gasteiger partial charge >= 0.3 is 0 Å². The van der Waals surface area contributed by atoms with Gasteiger partial charge in [0, 0.05) is 43.9 Å². The van der Waals surface area contributed by atoms with Crippen molar-refractivity contribution in [2.24, 2.45) is 5.92 Å². The number of hydrogen-bond donors (Lipinski definition) is 0. The second-order valence-corrected chi connectivity index (χ2v) is 6.72. The lowest BCUT2D eigenvalue weighted by Gasteiger charge is -2.34. The molecule has 2 aromatic rings. The molecule has 2 aliphatic heterocycles. The number of nitrogens with zero attached hydrogens (tertiary/aromatic N) is 6. The molecule has 4 heterocycles. The molecule has 2 fully saturated rings. The van der Waals surface area contributed by atoms with Crippen LogP contribution < -0.4 is 4.90 Å². The van der Waals surface area contributed by atoms with Crippen molar-refractivity contribution in [3.05, 3.63) is 18.1 Å². The number of fused-ring (bicyclic) bond motifs is 1. The average Bonchev–Trinajstić information content (AvgIpc) is 3.31. The highest BCUT2D eigenvalue weighted by Crippen LogP contribution is 2.26. The van der Waals surface area contributed by atoms with E-state index >= 15 is 0 Å². The van der Waals surface area contributed by atoms with E-state index in [1.807, 2.05) is 4.52 Å². The number of carbonyl (C=O) groups is 1. The average molecular weight is 328 g/mol. The molecule has 0 aliphatic carbocycles. The van der Waals surface area contributed by atoms with E-state index in [-0.39, 0.29) is 5.92 Å². The molecular weight excluding hydrogens is 304 g/mol. The lowest BCUT2D eigenvalue weighted by Crippen LogP contribution is -2.42. The minimum absolute atomic E-state index is 0.179. The van der Waals surface area contributed by atoms with Crippen molar-refractivity contribution < 1.29 is 4.79 Å². The van der Waals surface area contributed by atoms with Crippen LogP contribution in [-0.4, -0.2) is 56.6 Å². The summed E-state index contributed by atoms with van der Waals surface area (Å²) in [6.07, 6.45) is 6.57. The topological polar surface area (TPSA) is 66.6 Å². The molecule has 0 radical (unpaired) electrons. The molecular formula is C17H24N6O. The summed E-state index contributed by atoms with van der Waals surface area (Å²) in [6, 6.07) is 2.10. The number of anilines is 1. The van der Waals surface area contributed by atoms with E-state index < -0.39 is 0 Å². The first-order chi connectivity index (χ1) is 11.8. The summed E-state index contributed by atoms with van der Waals surface area (Å²) in [5.74, 6) is 2.24. The van der Waals surface area contributed by atoms with Crippen LogP contribution in [0.4, 0.5) is 5.82 Å². The SMILES string of the molecule is CCc1cc(N2CCC(C(=O)N3CCCC3)CC2)n2ncnc2n1. The van der Waals surface area contributed by atoms with Gasteiger partial charge in [0.25, 0.3) is 5.78 Å². The molecule has 0 aromatic carbocycles. The van der Waals surface area contributed by atoms with Crippen LogP contribution in [0.15, 0.2) is 12.4 Å². The fraction of sp³-hybridized carbons (Fsp3) is 0.647. The Morgan fingerprint density at radius 3 is 2.67 bits per heavy atom. The van der Waals surface area contributed by atoms with Crippen LogP contribution in [0.3, 0.4) is 0 Å². The molecule has 128 valence electrons. The second-order valence-electron chi connectivity index (χ2n) is 6.72. The van der Waals surface area contributed by atoms with Gasteiger partial charge in [-0.25, -0.2) is 4.98 Å². The third kappa shape index (κ3) is 2.72. The van der Waals surface area contributed by atoms with E-state index in [9.17, 15) is 4.79 Å². The smallest absolute Gasteiger partial charge is 0.254 e. The van der Waals surface area contributed by atoms with Gasteiger partial charge in [-0.15, -0.1) is 0 Å². The Morgan fingerprint density at radius 2 is 1.96 bits per heavy atom. The first-order valence-electron chi connectivity index (χ1n) is 8.99. The van der Waals surface area contributed by atoms with Crippen molar-refractivity contribution in [1.29, 1.82) is 0 Å². The highest BCUT2D eigenvalue weighted by molar-refractivity contribution is 5.79. The number of aryl methyl sites for hydroxylation is 1. The predicted octanol–water partition coefficient (Wildman–Crippen LogP) is 1.53. The van der Waals surface area contributed by atoms with Crippen LogP contribution in [-0.2, 0) is 11.2 Å². The molecule has 7 heteroatoms. The molecule has 24 heavy (non-hydrogen) atoms. The number of likely N-dealkylation sites (tertiary alicyclic amines) is 1. The first-order valence-corrected chi connectivity index (χ1v) is 8.99. The van der Waals surface area contributed by atoms with E-state index in [0.717, 1.165) is 69.8 Å². The zero-order valence-corrected chi connectivity index (χ0v) is 14.2. The fourth-order valence-electron chi connectivity index (χ4n) is 3.80. The minimum Gasteiger partial charge on any atom is -0.356 e. The Balaban J connectivity index is 1.49. The van der Waals surface area contributed by atoms with Crippen LogP contribution in [0.2, 0.25) is 0 Å². The number of rotatable bonds is 3. The quantitative estimate of drug-likeness (QED) is 0.855. The molecule has 1 amide bonds. The molecule has 0 unspecified atom stereocenters. The van der Waals surface area contributed by atoms with Crippen molar-refractivity contribution in [1.82, 2.24) is 24.5 Å². The lowest BCUT2D eigenvalue weighted by atomic mass is 9.95. The predicted molar refractivity (Wildman–Crippen MR) is 90.9 cm³/mol. The molecule has 2 aromatic heterocycles. The molecule has 0 bridgehead atoms. The van der Waals surface area contributed by atoms with Crippen molar-refractivity contribution in [2.75, 3.05) is 31.1 Å². The van der Waals surface area contributed by atoms with Gasteiger partial charge < -0.3 is 9.80 Å². The van der Waals surface area contributed by atoms with E-state index in [4.69, 9.17) is 0 Å². The van der Waals surface area contributed by atoms with Crippen molar-refractivity contribution in [3.8, 4) is 0 Å². The van der Waals surface area contributed by atoms with Gasteiger partial charge in [-0.1, -0.05) is 6.92 Å². The summed E-state index contributed by atoms with van der Waals surface area (Å²) in [6.45, 7) is 5.75. The Labute approximate surface area is 141 Å². The molecule has 2 aliphatic rings. The van der Waals surface area contributed by atoms with Crippen LogP contribution in [0.5, 0.6) is 0 Å². The number of aromatic nitrogens is 4. The van der Waals surface area contributed by atoms with E-state index in [2.05, 4.69) is 37.9 Å². The van der Waals surface area contributed by atoms with Gasteiger partial charge in [0.1, 0.15) is 12.1 Å². The zero-order chi connectivity index (χ0) is 16.5. The Hall–Kier alpha value is -2.18. The van der Waals surface area contributed by atoms with Crippen LogP contribution in [0, 0.1) is 5.92 Å². The van der Waals surface area contributed by atoms with Crippen LogP contribution in [0.25, 0.3) is 5.78 Å². The van der Waals surface area contributed by atoms with Gasteiger partial charge in [0.15, 0.2) is 0 Å². The monoisotopic (exact) mass is 328 g/mol. The fourth-order valence-corrected chi connectivity index (χ4v) is 3.80. The van der Waals surface area contributed by atoms with E-state index in [1.54, 1.807) is 6.33 Å². The van der Waals surface area contributed by atoms with Crippen molar-refractivity contribution in [3.63, 3.8) is 0 Å². The summed E-state index contributed by atoms with van der Waals surface area (Å²) in [5, 5.41) is 4.31. The van der Waals surface area contributed by atoms with E-state index in [1.165, 1.54) is 0 Å². The maximum atomic E-state index is 12.6. The first kappa shape index (κ1) is 15.4. The largest absolute Gasteiger partial charge is 0.356 e. The summed E-state index contributed by atoms with van der Waals surface area (Å²) in [7, 11) is 0. The summed E-state index contributed by atoms with van der Waals surface area (Å²) in [5.41, 5.74) is 1.03. The Kier molecular flexibility index (Phi) is 4.08. The minimum atomic E-state index is 0.179. The Bertz CT molecular complexity index is 728. The maximum Gasteiger partial charge on any atom is 0.254 e. The molecule has 7 nitrogen and oxygen atoms in total. The highest BCUT2D eigenvalue weighted by Gasteiger charge is 2.30. The van der Waals surface area contributed by atoms with Gasteiger partial charge in [0.2, 0.25) is 5.91 Å².